The van der Waals surface area contributed by atoms with Gasteiger partial charge in [-0.1, -0.05) is 12.1 Å². The Labute approximate surface area is 163 Å². The molecule has 27 heavy (non-hydrogen) atoms. The lowest BCUT2D eigenvalue weighted by Crippen LogP contribution is -2.40. The highest BCUT2D eigenvalue weighted by atomic mass is 32.2. The molecule has 0 unspecified atom stereocenters. The van der Waals surface area contributed by atoms with Gasteiger partial charge in [-0.05, 0) is 56.8 Å². The zero-order valence-electron chi connectivity index (χ0n) is 16.6. The van der Waals surface area contributed by atoms with Crippen molar-refractivity contribution in [1.29, 1.82) is 0 Å². The molecular formula is C19H32N4O3S. The minimum atomic E-state index is -3.44. The number of ether oxygens (including phenoxy) is 1. The van der Waals surface area contributed by atoms with Crippen LogP contribution in [0.3, 0.4) is 0 Å². The van der Waals surface area contributed by atoms with E-state index in [1.165, 1.54) is 7.05 Å². The number of rotatable bonds is 8. The molecule has 0 atom stereocenters. The first-order valence-corrected chi connectivity index (χ1v) is 11.0. The molecule has 2 N–H and O–H groups in total. The van der Waals surface area contributed by atoms with Crippen molar-refractivity contribution in [3.63, 3.8) is 0 Å². The summed E-state index contributed by atoms with van der Waals surface area (Å²) < 4.78 is 31.7. The maximum absolute atomic E-state index is 12.0. The zero-order valence-corrected chi connectivity index (χ0v) is 17.4. The Morgan fingerprint density at radius 3 is 2.74 bits per heavy atom. The zero-order chi connectivity index (χ0) is 19.7. The standard InChI is InChI=1S/C19H32N4O3S/c1-4-21-19(23(3)11-8-16-9-12-26-13-10-16)22-15-17-6-5-7-18(14-17)27(24,25)20-2/h5-7,14,16,20H,4,8-13,15H2,1-3H3,(H,21,22). The highest BCUT2D eigenvalue weighted by Gasteiger charge is 2.16. The fourth-order valence-corrected chi connectivity index (χ4v) is 3.88. The number of benzene rings is 1. The second-order valence-electron chi connectivity index (χ2n) is 6.79. The first-order chi connectivity index (χ1) is 13.0. The molecule has 1 aliphatic rings. The van der Waals surface area contributed by atoms with Crippen LogP contribution in [-0.4, -0.2) is 59.7 Å². The van der Waals surface area contributed by atoms with Gasteiger partial charge in [0.15, 0.2) is 5.96 Å². The molecule has 1 aromatic rings. The van der Waals surface area contributed by atoms with Crippen molar-refractivity contribution in [1.82, 2.24) is 14.9 Å². The smallest absolute Gasteiger partial charge is 0.240 e. The van der Waals surface area contributed by atoms with Gasteiger partial charge < -0.3 is 15.0 Å². The van der Waals surface area contributed by atoms with Crippen LogP contribution in [-0.2, 0) is 21.3 Å². The van der Waals surface area contributed by atoms with Crippen molar-refractivity contribution in [2.75, 3.05) is 40.4 Å². The minimum Gasteiger partial charge on any atom is -0.381 e. The lowest BCUT2D eigenvalue weighted by Gasteiger charge is -2.26. The summed E-state index contributed by atoms with van der Waals surface area (Å²) in [4.78, 5) is 7.09. The number of aliphatic imine (C=N–C) groups is 1. The van der Waals surface area contributed by atoms with E-state index < -0.39 is 10.0 Å². The van der Waals surface area contributed by atoms with Crippen molar-refractivity contribution in [3.8, 4) is 0 Å². The second-order valence-corrected chi connectivity index (χ2v) is 8.68. The van der Waals surface area contributed by atoms with E-state index >= 15 is 0 Å². The Bertz CT molecular complexity index is 715. The number of nitrogens with zero attached hydrogens (tertiary/aromatic N) is 2. The largest absolute Gasteiger partial charge is 0.381 e. The van der Waals surface area contributed by atoms with Gasteiger partial charge in [-0.3, -0.25) is 0 Å². The number of guanidine groups is 1. The number of hydrogen-bond donors (Lipinski definition) is 2. The Morgan fingerprint density at radius 2 is 2.07 bits per heavy atom. The molecule has 1 heterocycles. The van der Waals surface area contributed by atoms with Crippen molar-refractivity contribution >= 4 is 16.0 Å². The fourth-order valence-electron chi connectivity index (χ4n) is 3.08. The van der Waals surface area contributed by atoms with Crippen LogP contribution >= 0.6 is 0 Å². The molecule has 0 aromatic heterocycles. The predicted molar refractivity (Wildman–Crippen MR) is 108 cm³/mol. The van der Waals surface area contributed by atoms with Crippen LogP contribution in [0, 0.1) is 5.92 Å². The van der Waals surface area contributed by atoms with Gasteiger partial charge in [0, 0.05) is 33.4 Å². The van der Waals surface area contributed by atoms with Crippen LogP contribution in [0.2, 0.25) is 0 Å². The second kappa shape index (κ2) is 10.6. The Kier molecular flexibility index (Phi) is 8.53. The molecule has 152 valence electrons. The van der Waals surface area contributed by atoms with E-state index in [4.69, 9.17) is 4.74 Å². The summed E-state index contributed by atoms with van der Waals surface area (Å²) in [5.41, 5.74) is 0.861. The van der Waals surface area contributed by atoms with Crippen molar-refractivity contribution in [3.05, 3.63) is 29.8 Å². The molecule has 0 saturated carbocycles. The van der Waals surface area contributed by atoms with E-state index in [-0.39, 0.29) is 4.90 Å². The SMILES string of the molecule is CCNC(=NCc1cccc(S(=O)(=O)NC)c1)N(C)CCC1CCOCC1. The van der Waals surface area contributed by atoms with Gasteiger partial charge in [-0.2, -0.15) is 0 Å². The third kappa shape index (κ3) is 6.79. The van der Waals surface area contributed by atoms with Crippen LogP contribution in [0.25, 0.3) is 0 Å². The van der Waals surface area contributed by atoms with Gasteiger partial charge >= 0.3 is 0 Å². The van der Waals surface area contributed by atoms with E-state index in [1.54, 1.807) is 18.2 Å². The monoisotopic (exact) mass is 396 g/mol. The molecule has 0 amide bonds. The van der Waals surface area contributed by atoms with Gasteiger partial charge in [0.05, 0.1) is 11.4 Å². The van der Waals surface area contributed by atoms with E-state index in [2.05, 4.69) is 19.9 Å². The predicted octanol–water partition coefficient (Wildman–Crippen LogP) is 1.81. The van der Waals surface area contributed by atoms with Crippen molar-refractivity contribution in [2.24, 2.45) is 10.9 Å². The van der Waals surface area contributed by atoms with Crippen LogP contribution in [0.5, 0.6) is 0 Å². The van der Waals surface area contributed by atoms with E-state index in [9.17, 15) is 8.42 Å². The minimum absolute atomic E-state index is 0.260. The highest BCUT2D eigenvalue weighted by Crippen LogP contribution is 2.18. The third-order valence-corrected chi connectivity index (χ3v) is 6.21. The fraction of sp³-hybridized carbons (Fsp3) is 0.632. The summed E-state index contributed by atoms with van der Waals surface area (Å²) in [5.74, 6) is 1.55. The van der Waals surface area contributed by atoms with Gasteiger partial charge in [-0.25, -0.2) is 18.1 Å². The molecule has 0 aliphatic carbocycles. The third-order valence-electron chi connectivity index (χ3n) is 4.80. The highest BCUT2D eigenvalue weighted by molar-refractivity contribution is 7.89. The summed E-state index contributed by atoms with van der Waals surface area (Å²) in [6, 6.07) is 6.89. The van der Waals surface area contributed by atoms with Gasteiger partial charge in [0.25, 0.3) is 0 Å². The normalized spacial score (nSPS) is 16.3. The Balaban J connectivity index is 2.00. The molecule has 2 rings (SSSR count). The summed E-state index contributed by atoms with van der Waals surface area (Å²) in [6.07, 6.45) is 3.39. The Hall–Kier alpha value is -1.64. The average Bonchev–Trinajstić information content (AvgIpc) is 2.70. The first kappa shape index (κ1) is 21.7. The van der Waals surface area contributed by atoms with Crippen molar-refractivity contribution in [2.45, 2.75) is 37.6 Å². The summed E-state index contributed by atoms with van der Waals surface area (Å²) in [5, 5.41) is 3.32. The molecule has 1 aliphatic heterocycles. The lowest BCUT2D eigenvalue weighted by atomic mass is 9.96. The van der Waals surface area contributed by atoms with E-state index in [0.29, 0.717) is 12.5 Å². The molecule has 0 radical (unpaired) electrons. The molecule has 0 spiro atoms. The first-order valence-electron chi connectivity index (χ1n) is 9.56. The maximum Gasteiger partial charge on any atom is 0.240 e. The van der Waals surface area contributed by atoms with Gasteiger partial charge in [-0.15, -0.1) is 0 Å². The molecule has 0 bridgehead atoms. The number of sulfonamides is 1. The summed E-state index contributed by atoms with van der Waals surface area (Å²) in [6.45, 7) is 5.93. The molecule has 1 aromatic carbocycles. The Morgan fingerprint density at radius 1 is 1.33 bits per heavy atom. The van der Waals surface area contributed by atoms with Gasteiger partial charge in [0.2, 0.25) is 10.0 Å². The number of hydrogen-bond acceptors (Lipinski definition) is 4. The molecule has 1 saturated heterocycles. The van der Waals surface area contributed by atoms with Crippen LogP contribution in [0.15, 0.2) is 34.2 Å². The summed E-state index contributed by atoms with van der Waals surface area (Å²) in [7, 11) is 0.0163. The van der Waals surface area contributed by atoms with Crippen molar-refractivity contribution < 1.29 is 13.2 Å². The lowest BCUT2D eigenvalue weighted by molar-refractivity contribution is 0.0625. The molecule has 8 heteroatoms. The quantitative estimate of drug-likeness (QED) is 0.517. The molecule has 7 nitrogen and oxygen atoms in total. The van der Waals surface area contributed by atoms with E-state index in [1.807, 2.05) is 20.0 Å². The number of nitrogens with one attached hydrogen (secondary N) is 2. The summed E-state index contributed by atoms with van der Waals surface area (Å²) >= 11 is 0. The van der Waals surface area contributed by atoms with Crippen LogP contribution in [0.1, 0.15) is 31.7 Å². The maximum atomic E-state index is 12.0. The van der Waals surface area contributed by atoms with Crippen LogP contribution in [0.4, 0.5) is 0 Å². The van der Waals surface area contributed by atoms with Gasteiger partial charge in [0.1, 0.15) is 0 Å². The van der Waals surface area contributed by atoms with E-state index in [0.717, 1.165) is 57.1 Å². The van der Waals surface area contributed by atoms with Crippen LogP contribution < -0.4 is 10.0 Å². The molecular weight excluding hydrogens is 364 g/mol. The molecule has 1 fully saturated rings. The topological polar surface area (TPSA) is 83.0 Å². The average molecular weight is 397 g/mol.